The molecule has 0 aliphatic rings. The predicted octanol–water partition coefficient (Wildman–Crippen LogP) is 2.31. The van der Waals surface area contributed by atoms with Gasteiger partial charge in [0.2, 0.25) is 0 Å². The standard InChI is InChI=1S/C15H22N4O/c1-11(2)15(12-5-7-13(20-4)8-6-12)16-9-14-17-10-18-19(14)3/h5-8,10-11,15-16H,9H2,1-4H3/t15-/m0/s1. The van der Waals surface area contributed by atoms with Gasteiger partial charge in [-0.3, -0.25) is 4.68 Å². The first-order valence-corrected chi connectivity index (χ1v) is 6.82. The first-order chi connectivity index (χ1) is 9.61. The zero-order chi connectivity index (χ0) is 14.5. The lowest BCUT2D eigenvalue weighted by Crippen LogP contribution is -2.26. The molecule has 0 saturated heterocycles. The fourth-order valence-corrected chi connectivity index (χ4v) is 2.23. The van der Waals surface area contributed by atoms with Gasteiger partial charge < -0.3 is 10.1 Å². The number of nitrogens with one attached hydrogen (secondary N) is 1. The number of aryl methyl sites for hydroxylation is 1. The number of methoxy groups -OCH3 is 1. The summed E-state index contributed by atoms with van der Waals surface area (Å²) in [6.45, 7) is 5.11. The molecule has 1 heterocycles. The van der Waals surface area contributed by atoms with Crippen molar-refractivity contribution in [2.45, 2.75) is 26.4 Å². The Bertz CT molecular complexity index is 533. The molecular weight excluding hydrogens is 252 g/mol. The van der Waals surface area contributed by atoms with E-state index >= 15 is 0 Å². The van der Waals surface area contributed by atoms with Gasteiger partial charge in [-0.15, -0.1) is 0 Å². The second-order valence-corrected chi connectivity index (χ2v) is 5.18. The monoisotopic (exact) mass is 274 g/mol. The topological polar surface area (TPSA) is 52.0 Å². The van der Waals surface area contributed by atoms with Crippen molar-refractivity contribution in [3.8, 4) is 5.75 Å². The molecule has 1 aromatic heterocycles. The predicted molar refractivity (Wildman–Crippen MR) is 78.4 cm³/mol. The maximum atomic E-state index is 5.20. The van der Waals surface area contributed by atoms with Crippen molar-refractivity contribution in [3.63, 3.8) is 0 Å². The maximum absolute atomic E-state index is 5.20. The smallest absolute Gasteiger partial charge is 0.140 e. The Morgan fingerprint density at radius 2 is 1.95 bits per heavy atom. The van der Waals surface area contributed by atoms with E-state index in [0.717, 1.165) is 11.6 Å². The summed E-state index contributed by atoms with van der Waals surface area (Å²) in [7, 11) is 3.59. The van der Waals surface area contributed by atoms with Crippen molar-refractivity contribution in [2.24, 2.45) is 13.0 Å². The number of hydrogen-bond acceptors (Lipinski definition) is 4. The third kappa shape index (κ3) is 3.36. The zero-order valence-electron chi connectivity index (χ0n) is 12.5. The van der Waals surface area contributed by atoms with Crippen LogP contribution in [0.1, 0.15) is 31.3 Å². The Kier molecular flexibility index (Phi) is 4.74. The van der Waals surface area contributed by atoms with Crippen molar-refractivity contribution in [1.82, 2.24) is 20.1 Å². The number of hydrogen-bond donors (Lipinski definition) is 1. The van der Waals surface area contributed by atoms with Crippen molar-refractivity contribution < 1.29 is 4.74 Å². The highest BCUT2D eigenvalue weighted by atomic mass is 16.5. The average Bonchev–Trinajstić information content (AvgIpc) is 2.85. The average molecular weight is 274 g/mol. The summed E-state index contributed by atoms with van der Waals surface area (Å²) in [4.78, 5) is 4.24. The van der Waals surface area contributed by atoms with Crippen LogP contribution in [0.2, 0.25) is 0 Å². The van der Waals surface area contributed by atoms with Crippen LogP contribution in [0.3, 0.4) is 0 Å². The number of nitrogens with zero attached hydrogens (tertiary/aromatic N) is 3. The molecule has 1 atom stereocenters. The lowest BCUT2D eigenvalue weighted by atomic mass is 9.96. The van der Waals surface area contributed by atoms with Crippen molar-refractivity contribution in [3.05, 3.63) is 42.0 Å². The van der Waals surface area contributed by atoms with Crippen LogP contribution in [-0.4, -0.2) is 21.9 Å². The SMILES string of the molecule is COc1ccc([C@@H](NCc2ncnn2C)C(C)C)cc1. The van der Waals surface area contributed by atoms with E-state index < -0.39 is 0 Å². The molecule has 0 radical (unpaired) electrons. The summed E-state index contributed by atoms with van der Waals surface area (Å²) in [5, 5.41) is 7.64. The Balaban J connectivity index is 2.08. The molecule has 20 heavy (non-hydrogen) atoms. The summed E-state index contributed by atoms with van der Waals surface area (Å²) in [6, 6.07) is 8.47. The molecule has 5 nitrogen and oxygen atoms in total. The fourth-order valence-electron chi connectivity index (χ4n) is 2.23. The van der Waals surface area contributed by atoms with Gasteiger partial charge in [-0.2, -0.15) is 5.10 Å². The summed E-state index contributed by atoms with van der Waals surface area (Å²) < 4.78 is 6.99. The van der Waals surface area contributed by atoms with Gasteiger partial charge in [-0.05, 0) is 23.6 Å². The van der Waals surface area contributed by atoms with Crippen molar-refractivity contribution >= 4 is 0 Å². The third-order valence-electron chi connectivity index (χ3n) is 3.43. The van der Waals surface area contributed by atoms with Gasteiger partial charge >= 0.3 is 0 Å². The van der Waals surface area contributed by atoms with E-state index in [1.165, 1.54) is 5.56 Å². The van der Waals surface area contributed by atoms with Crippen molar-refractivity contribution in [2.75, 3.05) is 7.11 Å². The highest BCUT2D eigenvalue weighted by Gasteiger charge is 2.16. The van der Waals surface area contributed by atoms with Crippen LogP contribution in [0.25, 0.3) is 0 Å². The van der Waals surface area contributed by atoms with Crippen LogP contribution in [0.4, 0.5) is 0 Å². The fraction of sp³-hybridized carbons (Fsp3) is 0.467. The number of rotatable bonds is 6. The lowest BCUT2D eigenvalue weighted by Gasteiger charge is -2.23. The minimum atomic E-state index is 0.276. The summed E-state index contributed by atoms with van der Waals surface area (Å²) >= 11 is 0. The summed E-state index contributed by atoms with van der Waals surface area (Å²) in [6.07, 6.45) is 1.58. The molecule has 0 aliphatic carbocycles. The number of benzene rings is 1. The van der Waals surface area contributed by atoms with Gasteiger partial charge in [0.05, 0.1) is 13.7 Å². The van der Waals surface area contributed by atoms with Gasteiger partial charge in [-0.25, -0.2) is 4.98 Å². The van der Waals surface area contributed by atoms with Gasteiger partial charge in [0.15, 0.2) is 0 Å². The van der Waals surface area contributed by atoms with E-state index in [-0.39, 0.29) is 6.04 Å². The molecule has 108 valence electrons. The normalized spacial score (nSPS) is 12.7. The Morgan fingerprint density at radius 1 is 1.25 bits per heavy atom. The van der Waals surface area contributed by atoms with E-state index in [1.54, 1.807) is 18.1 Å². The van der Waals surface area contributed by atoms with Crippen LogP contribution in [-0.2, 0) is 13.6 Å². The lowest BCUT2D eigenvalue weighted by molar-refractivity contribution is 0.398. The Labute approximate surface area is 120 Å². The number of ether oxygens (including phenoxy) is 1. The minimum Gasteiger partial charge on any atom is -0.497 e. The number of aromatic nitrogens is 3. The van der Waals surface area contributed by atoms with E-state index in [0.29, 0.717) is 12.5 Å². The molecule has 5 heteroatoms. The molecule has 0 amide bonds. The van der Waals surface area contributed by atoms with Crippen LogP contribution >= 0.6 is 0 Å². The summed E-state index contributed by atoms with van der Waals surface area (Å²) in [5.41, 5.74) is 1.25. The maximum Gasteiger partial charge on any atom is 0.140 e. The van der Waals surface area contributed by atoms with Gasteiger partial charge in [0.25, 0.3) is 0 Å². The van der Waals surface area contributed by atoms with E-state index in [9.17, 15) is 0 Å². The Hall–Kier alpha value is -1.88. The first kappa shape index (κ1) is 14.5. The van der Waals surface area contributed by atoms with Crippen molar-refractivity contribution in [1.29, 1.82) is 0 Å². The molecule has 1 N–H and O–H groups in total. The highest BCUT2D eigenvalue weighted by Crippen LogP contribution is 2.24. The van der Waals surface area contributed by atoms with E-state index in [4.69, 9.17) is 4.74 Å². The highest BCUT2D eigenvalue weighted by molar-refractivity contribution is 5.29. The van der Waals surface area contributed by atoms with E-state index in [1.807, 2.05) is 19.2 Å². The van der Waals surface area contributed by atoms with Gasteiger partial charge in [-0.1, -0.05) is 26.0 Å². The molecule has 0 unspecified atom stereocenters. The van der Waals surface area contributed by atoms with Gasteiger partial charge in [0, 0.05) is 13.1 Å². The largest absolute Gasteiger partial charge is 0.497 e. The summed E-state index contributed by atoms with van der Waals surface area (Å²) in [5.74, 6) is 2.30. The van der Waals surface area contributed by atoms with Crippen LogP contribution in [0.15, 0.2) is 30.6 Å². The molecule has 0 fully saturated rings. The molecule has 0 bridgehead atoms. The Morgan fingerprint density at radius 3 is 2.45 bits per heavy atom. The molecule has 1 aromatic carbocycles. The van der Waals surface area contributed by atoms with Crippen LogP contribution < -0.4 is 10.1 Å². The molecule has 0 spiro atoms. The molecular formula is C15H22N4O. The van der Waals surface area contributed by atoms with Gasteiger partial charge in [0.1, 0.15) is 17.9 Å². The van der Waals surface area contributed by atoms with Crippen LogP contribution in [0, 0.1) is 5.92 Å². The minimum absolute atomic E-state index is 0.276. The first-order valence-electron chi connectivity index (χ1n) is 6.82. The molecule has 2 rings (SSSR count). The molecule has 0 aliphatic heterocycles. The zero-order valence-corrected chi connectivity index (χ0v) is 12.5. The second kappa shape index (κ2) is 6.52. The van der Waals surface area contributed by atoms with E-state index in [2.05, 4.69) is 41.4 Å². The van der Waals surface area contributed by atoms with Crippen LogP contribution in [0.5, 0.6) is 5.75 Å². The quantitative estimate of drug-likeness (QED) is 0.878. The third-order valence-corrected chi connectivity index (χ3v) is 3.43. The second-order valence-electron chi connectivity index (χ2n) is 5.18. The molecule has 2 aromatic rings. The molecule has 0 saturated carbocycles.